The first-order valence-electron chi connectivity index (χ1n) is 6.61. The summed E-state index contributed by atoms with van der Waals surface area (Å²) in [5.74, 6) is -1.64. The predicted octanol–water partition coefficient (Wildman–Crippen LogP) is 2.80. The number of carbonyl (C=O) groups is 1. The van der Waals surface area contributed by atoms with Gasteiger partial charge in [0.25, 0.3) is 5.91 Å². The second-order valence-electron chi connectivity index (χ2n) is 5.04. The third kappa shape index (κ3) is 3.35. The maximum Gasteiger partial charge on any atom is 0.255 e. The molecule has 0 bridgehead atoms. The van der Waals surface area contributed by atoms with Crippen LogP contribution in [0, 0.1) is 17.6 Å². The van der Waals surface area contributed by atoms with Gasteiger partial charge in [-0.2, -0.15) is 0 Å². The summed E-state index contributed by atoms with van der Waals surface area (Å²) in [4.78, 5) is 14.0. The zero-order chi connectivity index (χ0) is 14.7. The first-order chi connectivity index (χ1) is 9.52. The fraction of sp³-hybridized carbons (Fsp3) is 0.500. The Morgan fingerprint density at radius 1 is 1.35 bits per heavy atom. The fourth-order valence-electron chi connectivity index (χ4n) is 2.49. The van der Waals surface area contributed by atoms with Gasteiger partial charge in [0, 0.05) is 17.6 Å². The van der Waals surface area contributed by atoms with E-state index in [1.807, 2.05) is 7.05 Å². The number of likely N-dealkylation sites (tertiary alicyclic amines) is 1. The fourth-order valence-corrected chi connectivity index (χ4v) is 2.97. The normalized spacial score (nSPS) is 16.5. The van der Waals surface area contributed by atoms with E-state index in [4.69, 9.17) is 0 Å². The van der Waals surface area contributed by atoms with E-state index in [9.17, 15) is 13.6 Å². The van der Waals surface area contributed by atoms with Gasteiger partial charge >= 0.3 is 0 Å². The Morgan fingerprint density at radius 2 is 1.95 bits per heavy atom. The summed E-state index contributed by atoms with van der Waals surface area (Å²) >= 11 is 3.12. The number of nitrogens with zero attached hydrogens (tertiary/aromatic N) is 1. The van der Waals surface area contributed by atoms with Gasteiger partial charge in [-0.15, -0.1) is 0 Å². The zero-order valence-corrected chi connectivity index (χ0v) is 12.8. The highest BCUT2D eigenvalue weighted by Crippen LogP contribution is 2.24. The molecule has 1 N–H and O–H groups in total. The Balaban J connectivity index is 2.07. The van der Waals surface area contributed by atoms with Gasteiger partial charge in [-0.3, -0.25) is 4.79 Å². The second kappa shape index (κ2) is 6.63. The van der Waals surface area contributed by atoms with Crippen LogP contribution in [0.25, 0.3) is 0 Å². The average molecular weight is 347 g/mol. The Morgan fingerprint density at radius 3 is 2.55 bits per heavy atom. The van der Waals surface area contributed by atoms with Crippen molar-refractivity contribution in [3.8, 4) is 0 Å². The summed E-state index contributed by atoms with van der Waals surface area (Å²) in [6.45, 7) is 2.24. The minimum atomic E-state index is -0.999. The van der Waals surface area contributed by atoms with Crippen LogP contribution in [0.15, 0.2) is 16.6 Å². The average Bonchev–Trinajstić information content (AvgIpc) is 2.43. The zero-order valence-electron chi connectivity index (χ0n) is 11.3. The van der Waals surface area contributed by atoms with E-state index < -0.39 is 11.6 Å². The summed E-state index contributed by atoms with van der Waals surface area (Å²) in [6, 6.07) is 1.96. The SMILES string of the molecule is CNCC1CCN(C(=O)c2cc(F)c(F)cc2Br)CC1. The maximum atomic E-state index is 13.3. The highest BCUT2D eigenvalue weighted by Gasteiger charge is 2.25. The van der Waals surface area contributed by atoms with Gasteiger partial charge in [0.15, 0.2) is 11.6 Å². The molecule has 2 rings (SSSR count). The number of nitrogens with one attached hydrogen (secondary N) is 1. The van der Waals surface area contributed by atoms with Crippen molar-refractivity contribution in [1.82, 2.24) is 10.2 Å². The van der Waals surface area contributed by atoms with Crippen molar-refractivity contribution in [3.63, 3.8) is 0 Å². The molecule has 1 aromatic rings. The minimum Gasteiger partial charge on any atom is -0.339 e. The van der Waals surface area contributed by atoms with Gasteiger partial charge in [-0.05, 0) is 60.4 Å². The minimum absolute atomic E-state index is 0.177. The predicted molar refractivity (Wildman–Crippen MR) is 76.6 cm³/mol. The molecule has 110 valence electrons. The third-order valence-corrected chi connectivity index (χ3v) is 4.29. The molecular formula is C14H17BrF2N2O. The van der Waals surface area contributed by atoms with Crippen LogP contribution < -0.4 is 5.32 Å². The van der Waals surface area contributed by atoms with Gasteiger partial charge in [0.05, 0.1) is 5.56 Å². The number of hydrogen-bond acceptors (Lipinski definition) is 2. The van der Waals surface area contributed by atoms with Crippen LogP contribution in [0.3, 0.4) is 0 Å². The van der Waals surface area contributed by atoms with E-state index in [2.05, 4.69) is 21.2 Å². The number of hydrogen-bond donors (Lipinski definition) is 1. The van der Waals surface area contributed by atoms with Crippen LogP contribution >= 0.6 is 15.9 Å². The second-order valence-corrected chi connectivity index (χ2v) is 5.89. The molecule has 0 atom stereocenters. The number of amides is 1. The van der Waals surface area contributed by atoms with E-state index >= 15 is 0 Å². The van der Waals surface area contributed by atoms with Crippen molar-refractivity contribution in [1.29, 1.82) is 0 Å². The summed E-state index contributed by atoms with van der Waals surface area (Å²) in [5, 5.41) is 3.13. The molecule has 0 aromatic heterocycles. The van der Waals surface area contributed by atoms with E-state index in [1.54, 1.807) is 4.90 Å². The summed E-state index contributed by atoms with van der Waals surface area (Å²) in [6.07, 6.45) is 1.85. The molecule has 0 aliphatic carbocycles. The van der Waals surface area contributed by atoms with Crippen LogP contribution in [0.1, 0.15) is 23.2 Å². The molecule has 1 saturated heterocycles. The van der Waals surface area contributed by atoms with Crippen molar-refractivity contribution < 1.29 is 13.6 Å². The first kappa shape index (κ1) is 15.4. The smallest absolute Gasteiger partial charge is 0.255 e. The molecule has 0 unspecified atom stereocenters. The highest BCUT2D eigenvalue weighted by molar-refractivity contribution is 9.10. The summed E-state index contributed by atoms with van der Waals surface area (Å²) in [7, 11) is 1.91. The molecule has 6 heteroatoms. The van der Waals surface area contributed by atoms with E-state index in [1.165, 1.54) is 0 Å². The van der Waals surface area contributed by atoms with Gasteiger partial charge in [-0.1, -0.05) is 0 Å². The lowest BCUT2D eigenvalue weighted by Crippen LogP contribution is -2.40. The van der Waals surface area contributed by atoms with Crippen LogP contribution in [-0.4, -0.2) is 37.5 Å². The summed E-state index contributed by atoms with van der Waals surface area (Å²) < 4.78 is 26.6. The van der Waals surface area contributed by atoms with Crippen molar-refractivity contribution in [3.05, 3.63) is 33.8 Å². The molecule has 3 nitrogen and oxygen atoms in total. The molecule has 1 fully saturated rings. The van der Waals surface area contributed by atoms with Crippen LogP contribution in [-0.2, 0) is 0 Å². The molecule has 0 saturated carbocycles. The molecule has 0 spiro atoms. The highest BCUT2D eigenvalue weighted by atomic mass is 79.9. The van der Waals surface area contributed by atoms with Crippen LogP contribution in [0.2, 0.25) is 0 Å². The maximum absolute atomic E-state index is 13.3. The van der Waals surface area contributed by atoms with E-state index in [-0.39, 0.29) is 11.5 Å². The topological polar surface area (TPSA) is 32.3 Å². The van der Waals surface area contributed by atoms with Gasteiger partial charge in [0.2, 0.25) is 0 Å². The van der Waals surface area contributed by atoms with E-state index in [0.29, 0.717) is 23.5 Å². The number of piperidine rings is 1. The Labute approximate surface area is 125 Å². The van der Waals surface area contributed by atoms with Crippen molar-refractivity contribution in [2.75, 3.05) is 26.7 Å². The van der Waals surface area contributed by atoms with Gasteiger partial charge < -0.3 is 10.2 Å². The molecule has 20 heavy (non-hydrogen) atoms. The Hall–Kier alpha value is -1.01. The molecule has 1 amide bonds. The summed E-state index contributed by atoms with van der Waals surface area (Å²) in [5.41, 5.74) is 0.177. The van der Waals surface area contributed by atoms with Crippen LogP contribution in [0.4, 0.5) is 8.78 Å². The largest absolute Gasteiger partial charge is 0.339 e. The Kier molecular flexibility index (Phi) is 5.10. The molecule has 1 aliphatic heterocycles. The van der Waals surface area contributed by atoms with Gasteiger partial charge in [0.1, 0.15) is 0 Å². The quantitative estimate of drug-likeness (QED) is 0.853. The van der Waals surface area contributed by atoms with Gasteiger partial charge in [-0.25, -0.2) is 8.78 Å². The van der Waals surface area contributed by atoms with Crippen molar-refractivity contribution in [2.45, 2.75) is 12.8 Å². The lowest BCUT2D eigenvalue weighted by atomic mass is 9.96. The third-order valence-electron chi connectivity index (χ3n) is 3.63. The number of benzene rings is 1. The Bertz CT molecular complexity index is 502. The number of carbonyl (C=O) groups excluding carboxylic acids is 1. The van der Waals surface area contributed by atoms with Crippen molar-refractivity contribution in [2.24, 2.45) is 5.92 Å². The molecular weight excluding hydrogens is 330 g/mol. The lowest BCUT2D eigenvalue weighted by Gasteiger charge is -2.32. The first-order valence-corrected chi connectivity index (χ1v) is 7.40. The number of halogens is 3. The standard InChI is InChI=1S/C14H17BrF2N2O/c1-18-8-9-2-4-19(5-3-9)14(20)10-6-12(16)13(17)7-11(10)15/h6-7,9,18H,2-5,8H2,1H3. The van der Waals surface area contributed by atoms with Crippen LogP contribution in [0.5, 0.6) is 0 Å². The lowest BCUT2D eigenvalue weighted by molar-refractivity contribution is 0.0689. The molecule has 1 aromatic carbocycles. The molecule has 1 aliphatic rings. The monoisotopic (exact) mass is 346 g/mol. The molecule has 1 heterocycles. The molecule has 0 radical (unpaired) electrons. The van der Waals surface area contributed by atoms with Crippen molar-refractivity contribution >= 4 is 21.8 Å². The van der Waals surface area contributed by atoms with E-state index in [0.717, 1.165) is 31.5 Å². The number of rotatable bonds is 3.